The monoisotopic (exact) mass is 312 g/mol. The van der Waals surface area contributed by atoms with Gasteiger partial charge in [0, 0.05) is 19.2 Å². The molecule has 0 radical (unpaired) electrons. The molecule has 0 saturated carbocycles. The molecule has 21 heavy (non-hydrogen) atoms. The zero-order valence-electron chi connectivity index (χ0n) is 11.2. The summed E-state index contributed by atoms with van der Waals surface area (Å²) >= 11 is 5.62. The number of alkyl halides is 1. The van der Waals surface area contributed by atoms with E-state index in [0.29, 0.717) is 43.4 Å². The molecular weight excluding hydrogens is 299 g/mol. The lowest BCUT2D eigenvalue weighted by Crippen LogP contribution is -2.36. The van der Waals surface area contributed by atoms with Crippen molar-refractivity contribution in [1.82, 2.24) is 4.57 Å². The highest BCUT2D eigenvalue weighted by molar-refractivity contribution is 6.16. The quantitative estimate of drug-likeness (QED) is 0.815. The number of ether oxygens (including phenoxy) is 1. The van der Waals surface area contributed by atoms with Crippen LogP contribution in [0.5, 0.6) is 0 Å². The Labute approximate surface area is 125 Å². The van der Waals surface area contributed by atoms with E-state index in [1.54, 1.807) is 12.1 Å². The first kappa shape index (κ1) is 14.2. The predicted molar refractivity (Wildman–Crippen MR) is 76.9 cm³/mol. The number of nitrogens with zero attached hydrogens (tertiary/aromatic N) is 2. The molecule has 2 heterocycles. The van der Waals surface area contributed by atoms with Crippen molar-refractivity contribution in [3.05, 3.63) is 46.5 Å². The molecule has 3 rings (SSSR count). The Hall–Kier alpha value is -1.79. The molecule has 1 aromatic carbocycles. The number of hydrogen-bond acceptors (Lipinski definition) is 4. The van der Waals surface area contributed by atoms with E-state index in [1.165, 1.54) is 16.8 Å². The number of anilines is 1. The van der Waals surface area contributed by atoms with E-state index in [-0.39, 0.29) is 11.7 Å². The third-order valence-corrected chi connectivity index (χ3v) is 3.64. The van der Waals surface area contributed by atoms with Gasteiger partial charge in [-0.05, 0) is 12.1 Å². The molecule has 1 saturated heterocycles. The molecule has 1 aliphatic rings. The minimum Gasteiger partial charge on any atom is -0.411 e. The second-order valence-electron chi connectivity index (χ2n) is 4.70. The van der Waals surface area contributed by atoms with Crippen LogP contribution in [0.2, 0.25) is 0 Å². The van der Waals surface area contributed by atoms with Gasteiger partial charge in [-0.2, -0.15) is 0 Å². The first-order chi connectivity index (χ1) is 10.2. The Morgan fingerprint density at radius 1 is 1.29 bits per heavy atom. The molecule has 0 spiro atoms. The number of halogens is 2. The average molecular weight is 313 g/mol. The number of hydrogen-bond donors (Lipinski definition) is 0. The van der Waals surface area contributed by atoms with Crippen LogP contribution in [-0.4, -0.2) is 30.9 Å². The normalized spacial score (nSPS) is 15.4. The van der Waals surface area contributed by atoms with Crippen LogP contribution in [-0.2, 0) is 10.6 Å². The fraction of sp³-hybridized carbons (Fsp3) is 0.357. The summed E-state index contributed by atoms with van der Waals surface area (Å²) in [5.41, 5.74) is 0.922. The maximum Gasteiger partial charge on any atom is 0.423 e. The van der Waals surface area contributed by atoms with Crippen molar-refractivity contribution in [3.63, 3.8) is 0 Å². The number of benzene rings is 1. The van der Waals surface area contributed by atoms with Gasteiger partial charge in [-0.25, -0.2) is 13.8 Å². The van der Waals surface area contributed by atoms with E-state index in [4.69, 9.17) is 20.8 Å². The molecule has 0 N–H and O–H groups in total. The first-order valence-electron chi connectivity index (χ1n) is 6.59. The SMILES string of the molecule is O=c1oc(CCl)cn1-c1ccc(N2CCOCC2)c(F)c1. The molecule has 2 aromatic rings. The van der Waals surface area contributed by atoms with Gasteiger partial charge in [-0.1, -0.05) is 0 Å². The lowest BCUT2D eigenvalue weighted by atomic mass is 10.2. The topological polar surface area (TPSA) is 47.6 Å². The van der Waals surface area contributed by atoms with Crippen molar-refractivity contribution >= 4 is 17.3 Å². The van der Waals surface area contributed by atoms with Crippen molar-refractivity contribution < 1.29 is 13.5 Å². The summed E-state index contributed by atoms with van der Waals surface area (Å²) in [5.74, 6) is -0.519. The Kier molecular flexibility index (Phi) is 3.98. The molecule has 112 valence electrons. The minimum absolute atomic E-state index is 0.0938. The van der Waals surface area contributed by atoms with Gasteiger partial charge in [-0.15, -0.1) is 11.6 Å². The molecule has 1 aromatic heterocycles. The summed E-state index contributed by atoms with van der Waals surface area (Å²) in [6, 6.07) is 4.67. The summed E-state index contributed by atoms with van der Waals surface area (Å²) in [6.07, 6.45) is 1.47. The van der Waals surface area contributed by atoms with Crippen LogP contribution in [0, 0.1) is 5.82 Å². The summed E-state index contributed by atoms with van der Waals surface area (Å²) < 4.78 is 25.7. The second kappa shape index (κ2) is 5.91. The van der Waals surface area contributed by atoms with Crippen LogP contribution in [0.4, 0.5) is 10.1 Å². The molecule has 0 atom stereocenters. The molecule has 0 bridgehead atoms. The van der Waals surface area contributed by atoms with Crippen molar-refractivity contribution in [1.29, 1.82) is 0 Å². The zero-order valence-corrected chi connectivity index (χ0v) is 12.0. The Bertz CT molecular complexity index is 692. The van der Waals surface area contributed by atoms with Gasteiger partial charge in [0.15, 0.2) is 0 Å². The summed E-state index contributed by atoms with van der Waals surface area (Å²) in [5, 5.41) is 0. The van der Waals surface area contributed by atoms with E-state index in [1.807, 2.05) is 4.90 Å². The molecule has 1 fully saturated rings. The van der Waals surface area contributed by atoms with Crippen molar-refractivity contribution in [2.75, 3.05) is 31.2 Å². The van der Waals surface area contributed by atoms with Crippen LogP contribution >= 0.6 is 11.6 Å². The first-order valence-corrected chi connectivity index (χ1v) is 7.12. The maximum atomic E-state index is 14.3. The van der Waals surface area contributed by atoms with Crippen molar-refractivity contribution in [2.45, 2.75) is 5.88 Å². The van der Waals surface area contributed by atoms with E-state index in [0.717, 1.165) is 0 Å². The van der Waals surface area contributed by atoms with E-state index < -0.39 is 5.76 Å². The molecule has 0 aliphatic carbocycles. The largest absolute Gasteiger partial charge is 0.423 e. The highest BCUT2D eigenvalue weighted by atomic mass is 35.5. The maximum absolute atomic E-state index is 14.3. The van der Waals surface area contributed by atoms with Crippen LogP contribution in [0.15, 0.2) is 33.6 Å². The average Bonchev–Trinajstić information content (AvgIpc) is 2.89. The van der Waals surface area contributed by atoms with Gasteiger partial charge in [0.05, 0.1) is 36.7 Å². The Morgan fingerprint density at radius 2 is 2.05 bits per heavy atom. The van der Waals surface area contributed by atoms with Gasteiger partial charge in [-0.3, -0.25) is 0 Å². The van der Waals surface area contributed by atoms with Crippen LogP contribution < -0.4 is 10.7 Å². The lowest BCUT2D eigenvalue weighted by Gasteiger charge is -2.29. The molecule has 0 unspecified atom stereocenters. The highest BCUT2D eigenvalue weighted by Crippen LogP contribution is 2.23. The molecule has 7 heteroatoms. The number of aromatic nitrogens is 1. The number of rotatable bonds is 3. The molecular formula is C14H14ClFN2O3. The fourth-order valence-corrected chi connectivity index (χ4v) is 2.46. The third kappa shape index (κ3) is 2.82. The van der Waals surface area contributed by atoms with Crippen molar-refractivity contribution in [2.24, 2.45) is 0 Å². The van der Waals surface area contributed by atoms with Crippen LogP contribution in [0.1, 0.15) is 5.76 Å². The van der Waals surface area contributed by atoms with Crippen molar-refractivity contribution in [3.8, 4) is 5.69 Å². The van der Waals surface area contributed by atoms with Gasteiger partial charge >= 0.3 is 5.76 Å². The number of oxazole rings is 1. The third-order valence-electron chi connectivity index (χ3n) is 3.38. The smallest absolute Gasteiger partial charge is 0.411 e. The van der Waals surface area contributed by atoms with Gasteiger partial charge in [0.1, 0.15) is 11.6 Å². The zero-order chi connectivity index (χ0) is 14.8. The second-order valence-corrected chi connectivity index (χ2v) is 4.97. The van der Waals surface area contributed by atoms with Gasteiger partial charge in [0.2, 0.25) is 0 Å². The summed E-state index contributed by atoms with van der Waals surface area (Å²) in [6.45, 7) is 2.47. The van der Waals surface area contributed by atoms with Crippen LogP contribution in [0.25, 0.3) is 5.69 Å². The highest BCUT2D eigenvalue weighted by Gasteiger charge is 2.16. The lowest BCUT2D eigenvalue weighted by molar-refractivity contribution is 0.122. The predicted octanol–water partition coefficient (Wildman–Crippen LogP) is 2.14. The number of morpholine rings is 1. The van der Waals surface area contributed by atoms with Gasteiger partial charge < -0.3 is 14.1 Å². The molecule has 5 nitrogen and oxygen atoms in total. The molecule has 1 aliphatic heterocycles. The van der Waals surface area contributed by atoms with Gasteiger partial charge in [0.25, 0.3) is 0 Å². The van der Waals surface area contributed by atoms with Crippen LogP contribution in [0.3, 0.4) is 0 Å². The van der Waals surface area contributed by atoms with E-state index in [9.17, 15) is 9.18 Å². The van der Waals surface area contributed by atoms with E-state index in [2.05, 4.69) is 0 Å². The minimum atomic E-state index is -0.579. The summed E-state index contributed by atoms with van der Waals surface area (Å²) in [7, 11) is 0. The Morgan fingerprint density at radius 3 is 2.67 bits per heavy atom. The fourth-order valence-electron chi connectivity index (χ4n) is 2.33. The van der Waals surface area contributed by atoms with E-state index >= 15 is 0 Å². The molecule has 0 amide bonds. The standard InChI is InChI=1S/C14H14ClFN2O3/c15-8-11-9-18(14(19)21-11)10-1-2-13(12(16)7-10)17-3-5-20-6-4-17/h1-2,7,9H,3-6,8H2. The Balaban J connectivity index is 1.93. The summed E-state index contributed by atoms with van der Waals surface area (Å²) in [4.78, 5) is 13.6.